The van der Waals surface area contributed by atoms with Crippen molar-refractivity contribution in [2.75, 3.05) is 5.32 Å². The zero-order valence-corrected chi connectivity index (χ0v) is 21.3. The number of anilines is 2. The smallest absolute Gasteiger partial charge is 0.0541 e. The van der Waals surface area contributed by atoms with Gasteiger partial charge in [-0.15, -0.1) is 0 Å². The summed E-state index contributed by atoms with van der Waals surface area (Å²) in [6, 6.07) is 51.9. The highest BCUT2D eigenvalue weighted by molar-refractivity contribution is 6.10. The number of rotatable bonds is 4. The van der Waals surface area contributed by atoms with Crippen LogP contribution >= 0.6 is 0 Å². The molecule has 8 aromatic rings. The Labute approximate surface area is 226 Å². The number of hydrogen-bond acceptors (Lipinski definition) is 1. The zero-order valence-electron chi connectivity index (χ0n) is 21.3. The van der Waals surface area contributed by atoms with E-state index in [2.05, 4.69) is 154 Å². The lowest BCUT2D eigenvalue weighted by atomic mass is 10.2. The van der Waals surface area contributed by atoms with Crippen molar-refractivity contribution in [3.05, 3.63) is 146 Å². The monoisotopic (exact) mass is 499 g/mol. The molecular weight excluding hydrogens is 474 g/mol. The van der Waals surface area contributed by atoms with Crippen LogP contribution in [0.5, 0.6) is 0 Å². The minimum absolute atomic E-state index is 1.04. The van der Waals surface area contributed by atoms with Gasteiger partial charge in [-0.2, -0.15) is 0 Å². The van der Waals surface area contributed by atoms with Gasteiger partial charge in [-0.25, -0.2) is 0 Å². The number of nitrogens with one attached hydrogen (secondary N) is 1. The summed E-state index contributed by atoms with van der Waals surface area (Å²) in [6.45, 7) is 0. The Morgan fingerprint density at radius 1 is 0.333 bits per heavy atom. The third-order valence-corrected chi connectivity index (χ3v) is 7.64. The van der Waals surface area contributed by atoms with Gasteiger partial charge in [0.25, 0.3) is 0 Å². The maximum Gasteiger partial charge on any atom is 0.0541 e. The molecule has 0 aliphatic carbocycles. The Hall–Kier alpha value is -5.28. The predicted molar refractivity (Wildman–Crippen MR) is 165 cm³/mol. The zero-order chi connectivity index (χ0) is 25.8. The maximum atomic E-state index is 3.67. The number of aromatic nitrogens is 2. The largest absolute Gasteiger partial charge is 0.355 e. The van der Waals surface area contributed by atoms with E-state index in [0.717, 1.165) is 22.7 Å². The summed E-state index contributed by atoms with van der Waals surface area (Å²) in [5.74, 6) is 0. The summed E-state index contributed by atoms with van der Waals surface area (Å²) in [4.78, 5) is 0. The van der Waals surface area contributed by atoms with Gasteiger partial charge in [0.15, 0.2) is 0 Å². The Morgan fingerprint density at radius 2 is 0.692 bits per heavy atom. The number of benzene rings is 6. The van der Waals surface area contributed by atoms with Crippen LogP contribution in [0.3, 0.4) is 0 Å². The molecule has 3 nitrogen and oxygen atoms in total. The molecular formula is C36H25N3. The molecule has 0 bridgehead atoms. The second-order valence-electron chi connectivity index (χ2n) is 9.97. The summed E-state index contributed by atoms with van der Waals surface area (Å²) in [5.41, 5.74) is 9.12. The average molecular weight is 500 g/mol. The van der Waals surface area contributed by atoms with Crippen molar-refractivity contribution in [3.8, 4) is 11.4 Å². The van der Waals surface area contributed by atoms with Crippen LogP contribution in [0.15, 0.2) is 146 Å². The van der Waals surface area contributed by atoms with Gasteiger partial charge >= 0.3 is 0 Å². The summed E-state index contributed by atoms with van der Waals surface area (Å²) < 4.78 is 4.77. The molecule has 8 rings (SSSR count). The van der Waals surface area contributed by atoms with Gasteiger partial charge in [0, 0.05) is 32.9 Å². The summed E-state index contributed by atoms with van der Waals surface area (Å²) in [6.07, 6.45) is 0. The molecule has 0 saturated heterocycles. The van der Waals surface area contributed by atoms with E-state index in [-0.39, 0.29) is 0 Å². The van der Waals surface area contributed by atoms with Crippen LogP contribution < -0.4 is 5.32 Å². The number of para-hydroxylation sites is 5. The normalized spacial score (nSPS) is 11.6. The fourth-order valence-electron chi connectivity index (χ4n) is 6.02. The van der Waals surface area contributed by atoms with Crippen molar-refractivity contribution in [3.63, 3.8) is 0 Å². The Balaban J connectivity index is 1.46. The average Bonchev–Trinajstić information content (AvgIpc) is 3.51. The minimum Gasteiger partial charge on any atom is -0.355 e. The molecule has 6 aromatic carbocycles. The molecule has 0 radical (unpaired) electrons. The van der Waals surface area contributed by atoms with E-state index in [1.54, 1.807) is 0 Å². The second kappa shape index (κ2) is 8.64. The molecule has 39 heavy (non-hydrogen) atoms. The second-order valence-corrected chi connectivity index (χ2v) is 9.97. The SMILES string of the molecule is c1ccc(Nc2cc(-n3c4ccccc4c4ccccc43)cc(-n3c4ccccc4c4ccccc43)c2)cc1. The first kappa shape index (κ1) is 21.8. The molecule has 0 saturated carbocycles. The first-order valence-electron chi connectivity index (χ1n) is 13.3. The molecule has 0 unspecified atom stereocenters. The van der Waals surface area contributed by atoms with Crippen molar-refractivity contribution in [1.82, 2.24) is 9.13 Å². The van der Waals surface area contributed by atoms with Gasteiger partial charge < -0.3 is 14.5 Å². The van der Waals surface area contributed by atoms with Crippen LogP contribution in [0.4, 0.5) is 11.4 Å². The van der Waals surface area contributed by atoms with Crippen LogP contribution in [-0.4, -0.2) is 9.13 Å². The molecule has 2 aromatic heterocycles. The number of nitrogens with zero attached hydrogens (tertiary/aromatic N) is 2. The van der Waals surface area contributed by atoms with Crippen LogP contribution in [-0.2, 0) is 0 Å². The molecule has 0 aliphatic rings. The highest BCUT2D eigenvalue weighted by Crippen LogP contribution is 2.37. The molecule has 0 fully saturated rings. The van der Waals surface area contributed by atoms with E-state index in [9.17, 15) is 0 Å². The van der Waals surface area contributed by atoms with Crippen LogP contribution in [0.2, 0.25) is 0 Å². The third kappa shape index (κ3) is 3.44. The van der Waals surface area contributed by atoms with Crippen molar-refractivity contribution >= 4 is 55.0 Å². The maximum absolute atomic E-state index is 3.67. The van der Waals surface area contributed by atoms with E-state index in [0.29, 0.717) is 0 Å². The van der Waals surface area contributed by atoms with Gasteiger partial charge in [0.1, 0.15) is 0 Å². The minimum atomic E-state index is 1.04. The molecule has 0 atom stereocenters. The number of fused-ring (bicyclic) bond motifs is 6. The van der Waals surface area contributed by atoms with Crippen molar-refractivity contribution in [2.24, 2.45) is 0 Å². The van der Waals surface area contributed by atoms with Gasteiger partial charge in [-0.3, -0.25) is 0 Å². The van der Waals surface area contributed by atoms with Crippen molar-refractivity contribution < 1.29 is 0 Å². The lowest BCUT2D eigenvalue weighted by Crippen LogP contribution is -2.01. The van der Waals surface area contributed by atoms with Crippen LogP contribution in [0.25, 0.3) is 55.0 Å². The van der Waals surface area contributed by atoms with Crippen LogP contribution in [0, 0.1) is 0 Å². The highest BCUT2D eigenvalue weighted by atomic mass is 15.0. The molecule has 1 N–H and O–H groups in total. The fourth-order valence-corrected chi connectivity index (χ4v) is 6.02. The first-order chi connectivity index (χ1) is 19.3. The topological polar surface area (TPSA) is 21.9 Å². The molecule has 0 spiro atoms. The lowest BCUT2D eigenvalue weighted by molar-refractivity contribution is 1.13. The first-order valence-corrected chi connectivity index (χ1v) is 13.3. The predicted octanol–water partition coefficient (Wildman–Crippen LogP) is 9.62. The molecule has 2 heterocycles. The summed E-state index contributed by atoms with van der Waals surface area (Å²) in [5, 5.41) is 8.70. The standard InChI is InChI=1S/C36H25N3/c1-2-12-25(13-3-1)37-26-22-27(38-33-18-8-4-14-29(33)30-15-5-9-19-34(30)38)24-28(23-26)39-35-20-10-6-16-31(35)32-17-7-11-21-36(32)39/h1-24,37H. The molecule has 3 heteroatoms. The molecule has 184 valence electrons. The lowest BCUT2D eigenvalue weighted by Gasteiger charge is -2.16. The Bertz CT molecular complexity index is 1910. The van der Waals surface area contributed by atoms with Crippen LogP contribution in [0.1, 0.15) is 0 Å². The fraction of sp³-hybridized carbons (Fsp3) is 0. The van der Waals surface area contributed by atoms with Gasteiger partial charge in [0.2, 0.25) is 0 Å². The van der Waals surface area contributed by atoms with Gasteiger partial charge in [-0.1, -0.05) is 91.0 Å². The van der Waals surface area contributed by atoms with Crippen molar-refractivity contribution in [1.29, 1.82) is 0 Å². The Morgan fingerprint density at radius 3 is 1.10 bits per heavy atom. The highest BCUT2D eigenvalue weighted by Gasteiger charge is 2.16. The van der Waals surface area contributed by atoms with E-state index in [4.69, 9.17) is 0 Å². The van der Waals surface area contributed by atoms with E-state index < -0.39 is 0 Å². The number of hydrogen-bond donors (Lipinski definition) is 1. The van der Waals surface area contributed by atoms with Gasteiger partial charge in [0.05, 0.1) is 33.4 Å². The summed E-state index contributed by atoms with van der Waals surface area (Å²) in [7, 11) is 0. The molecule has 0 amide bonds. The van der Waals surface area contributed by atoms with Gasteiger partial charge in [-0.05, 0) is 54.6 Å². The summed E-state index contributed by atoms with van der Waals surface area (Å²) >= 11 is 0. The van der Waals surface area contributed by atoms with E-state index in [1.807, 2.05) is 6.07 Å². The molecule has 0 aliphatic heterocycles. The quantitative estimate of drug-likeness (QED) is 0.256. The Kier molecular flexibility index (Phi) is 4.82. The van der Waals surface area contributed by atoms with E-state index in [1.165, 1.54) is 43.6 Å². The van der Waals surface area contributed by atoms with E-state index >= 15 is 0 Å². The third-order valence-electron chi connectivity index (χ3n) is 7.64. The van der Waals surface area contributed by atoms with Crippen molar-refractivity contribution in [2.45, 2.75) is 0 Å².